The van der Waals surface area contributed by atoms with Gasteiger partial charge in [-0.25, -0.2) is 4.99 Å². The molecule has 0 bridgehead atoms. The summed E-state index contributed by atoms with van der Waals surface area (Å²) in [6.45, 7) is 14.4. The first-order valence-corrected chi connectivity index (χ1v) is 14.3. The van der Waals surface area contributed by atoms with Gasteiger partial charge in [0.25, 0.3) is 0 Å². The maximum atomic E-state index is 13.4. The molecule has 206 valence electrons. The Bertz CT molecular complexity index is 1110. The molecule has 2 aromatic rings. The van der Waals surface area contributed by atoms with Crippen molar-refractivity contribution in [1.82, 2.24) is 10.6 Å². The summed E-state index contributed by atoms with van der Waals surface area (Å²) in [6.07, 6.45) is 5.95. The zero-order chi connectivity index (χ0) is 27.1. The Hall–Kier alpha value is -2.86. The van der Waals surface area contributed by atoms with Gasteiger partial charge in [-0.05, 0) is 91.7 Å². The predicted octanol–water partition coefficient (Wildman–Crippen LogP) is 5.23. The Labute approximate surface area is 229 Å². The van der Waals surface area contributed by atoms with E-state index in [0.717, 1.165) is 76.5 Å². The summed E-state index contributed by atoms with van der Waals surface area (Å²) in [4.78, 5) is 20.1. The van der Waals surface area contributed by atoms with Crippen LogP contribution in [0.15, 0.2) is 41.4 Å². The molecule has 0 atom stereocenters. The van der Waals surface area contributed by atoms with E-state index < -0.39 is 0 Å². The maximum Gasteiger partial charge on any atom is 0.248 e. The lowest BCUT2D eigenvalue weighted by atomic mass is 9.83. The van der Waals surface area contributed by atoms with E-state index in [0.29, 0.717) is 6.04 Å². The van der Waals surface area contributed by atoms with Gasteiger partial charge >= 0.3 is 0 Å². The highest BCUT2D eigenvalue weighted by atomic mass is 16.5. The highest BCUT2D eigenvalue weighted by Gasteiger charge is 2.22. The number of fused-ring (bicyclic) bond motifs is 1. The number of hydrogen-bond donors (Lipinski definition) is 2. The lowest BCUT2D eigenvalue weighted by Gasteiger charge is -2.26. The average molecular weight is 519 g/mol. The topological polar surface area (TPSA) is 66.0 Å². The first kappa shape index (κ1) is 28.2. The summed E-state index contributed by atoms with van der Waals surface area (Å²) < 4.78 is 5.54. The quantitative estimate of drug-likeness (QED) is 0.406. The van der Waals surface area contributed by atoms with Crippen molar-refractivity contribution in [2.24, 2.45) is 4.99 Å². The third-order valence-corrected chi connectivity index (χ3v) is 7.83. The van der Waals surface area contributed by atoms with Gasteiger partial charge in [0, 0.05) is 38.0 Å². The Balaban J connectivity index is 1.44. The summed E-state index contributed by atoms with van der Waals surface area (Å²) in [5, 5.41) is 7.11. The SMILES string of the molecule is Cc1cc(C(C)(C)C)cc(C)c1CCNC(=NCC(=O)N1CCCCc2ccccc21)NC1CCOCC1. The van der Waals surface area contributed by atoms with Crippen LogP contribution in [0.3, 0.4) is 0 Å². The molecule has 0 saturated carbocycles. The predicted molar refractivity (Wildman–Crippen MR) is 157 cm³/mol. The number of aryl methyl sites for hydroxylation is 3. The second-order valence-electron chi connectivity index (χ2n) is 11.8. The molecule has 1 saturated heterocycles. The van der Waals surface area contributed by atoms with Crippen LogP contribution in [0.4, 0.5) is 5.69 Å². The monoisotopic (exact) mass is 518 g/mol. The van der Waals surface area contributed by atoms with Crippen molar-refractivity contribution in [3.63, 3.8) is 0 Å². The molecular formula is C32H46N4O2. The number of carbonyl (C=O) groups is 1. The molecule has 0 radical (unpaired) electrons. The first-order chi connectivity index (χ1) is 18.2. The van der Waals surface area contributed by atoms with E-state index in [1.165, 1.54) is 27.8 Å². The Morgan fingerprint density at radius 3 is 2.50 bits per heavy atom. The van der Waals surface area contributed by atoms with Crippen LogP contribution in [-0.4, -0.2) is 50.8 Å². The van der Waals surface area contributed by atoms with Crippen molar-refractivity contribution in [3.8, 4) is 0 Å². The number of carbonyl (C=O) groups excluding carboxylic acids is 1. The molecule has 1 fully saturated rings. The molecule has 1 amide bonds. The molecule has 4 rings (SSSR count). The van der Waals surface area contributed by atoms with E-state index in [4.69, 9.17) is 9.73 Å². The van der Waals surface area contributed by atoms with Gasteiger partial charge in [-0.2, -0.15) is 0 Å². The summed E-state index contributed by atoms with van der Waals surface area (Å²) in [6, 6.07) is 13.2. The molecule has 38 heavy (non-hydrogen) atoms. The van der Waals surface area contributed by atoms with E-state index in [2.05, 4.69) is 75.6 Å². The number of anilines is 1. The molecule has 6 heteroatoms. The molecule has 6 nitrogen and oxygen atoms in total. The second-order valence-corrected chi connectivity index (χ2v) is 11.8. The third-order valence-electron chi connectivity index (χ3n) is 7.83. The molecule has 2 aliphatic heterocycles. The molecule has 0 aliphatic carbocycles. The normalized spacial score (nSPS) is 17.1. The minimum atomic E-state index is 0.0527. The molecule has 2 N–H and O–H groups in total. The Morgan fingerprint density at radius 2 is 1.79 bits per heavy atom. The van der Waals surface area contributed by atoms with Gasteiger partial charge < -0.3 is 20.3 Å². The molecule has 0 spiro atoms. The summed E-state index contributed by atoms with van der Waals surface area (Å²) in [7, 11) is 0. The minimum Gasteiger partial charge on any atom is -0.381 e. The zero-order valence-corrected chi connectivity index (χ0v) is 24.0. The highest BCUT2D eigenvalue weighted by Crippen LogP contribution is 2.28. The number of rotatable bonds is 6. The lowest BCUT2D eigenvalue weighted by Crippen LogP contribution is -2.47. The molecule has 0 unspecified atom stereocenters. The third kappa shape index (κ3) is 7.37. The van der Waals surface area contributed by atoms with Gasteiger partial charge in [-0.15, -0.1) is 0 Å². The number of hydrogen-bond acceptors (Lipinski definition) is 3. The smallest absolute Gasteiger partial charge is 0.248 e. The number of amides is 1. The number of guanidine groups is 1. The fourth-order valence-corrected chi connectivity index (χ4v) is 5.50. The van der Waals surface area contributed by atoms with Crippen molar-refractivity contribution >= 4 is 17.6 Å². The van der Waals surface area contributed by atoms with Crippen molar-refractivity contribution < 1.29 is 9.53 Å². The Morgan fingerprint density at radius 1 is 1.08 bits per heavy atom. The second kappa shape index (κ2) is 12.8. The molecule has 2 aromatic carbocycles. The molecule has 2 aliphatic rings. The van der Waals surface area contributed by atoms with Gasteiger partial charge in [0.15, 0.2) is 5.96 Å². The Kier molecular flexibility index (Phi) is 9.48. The summed E-state index contributed by atoms with van der Waals surface area (Å²) in [5.41, 5.74) is 7.87. The average Bonchev–Trinajstić information content (AvgIpc) is 3.11. The zero-order valence-electron chi connectivity index (χ0n) is 24.0. The van der Waals surface area contributed by atoms with Gasteiger partial charge in [0.2, 0.25) is 5.91 Å². The number of para-hydroxylation sites is 1. The minimum absolute atomic E-state index is 0.0527. The molecule has 2 heterocycles. The van der Waals surface area contributed by atoms with Crippen LogP contribution >= 0.6 is 0 Å². The van der Waals surface area contributed by atoms with Crippen LogP contribution in [0.25, 0.3) is 0 Å². The summed E-state index contributed by atoms with van der Waals surface area (Å²) in [5.74, 6) is 0.770. The molecule has 0 aromatic heterocycles. The van der Waals surface area contributed by atoms with E-state index >= 15 is 0 Å². The van der Waals surface area contributed by atoms with Gasteiger partial charge in [-0.1, -0.05) is 51.1 Å². The van der Waals surface area contributed by atoms with Gasteiger partial charge in [-0.3, -0.25) is 4.79 Å². The van der Waals surface area contributed by atoms with E-state index in [9.17, 15) is 4.79 Å². The van der Waals surface area contributed by atoms with Crippen molar-refractivity contribution in [1.29, 1.82) is 0 Å². The fraction of sp³-hybridized carbons (Fsp3) is 0.562. The van der Waals surface area contributed by atoms with Crippen LogP contribution in [0.5, 0.6) is 0 Å². The van der Waals surface area contributed by atoms with Crippen molar-refractivity contribution in [2.45, 2.75) is 84.6 Å². The van der Waals surface area contributed by atoms with E-state index in [-0.39, 0.29) is 17.9 Å². The number of benzene rings is 2. The van der Waals surface area contributed by atoms with Crippen molar-refractivity contribution in [3.05, 3.63) is 64.2 Å². The van der Waals surface area contributed by atoms with Gasteiger partial charge in [0.05, 0.1) is 0 Å². The molecular weight excluding hydrogens is 472 g/mol. The van der Waals surface area contributed by atoms with Crippen molar-refractivity contribution in [2.75, 3.05) is 37.7 Å². The van der Waals surface area contributed by atoms with Crippen LogP contribution in [-0.2, 0) is 27.8 Å². The summed E-state index contributed by atoms with van der Waals surface area (Å²) >= 11 is 0. The standard InChI is InChI=1S/C32H46N4O2/c1-23-20-26(32(3,4)5)21-24(2)28(23)13-16-33-31(35-27-14-18-38-19-15-27)34-22-30(37)36-17-9-8-11-25-10-6-7-12-29(25)36/h6-7,10,12,20-21,27H,8-9,11,13-19,22H2,1-5H3,(H2,33,34,35). The van der Waals surface area contributed by atoms with Gasteiger partial charge in [0.1, 0.15) is 6.54 Å². The number of nitrogens with one attached hydrogen (secondary N) is 2. The number of aliphatic imine (C=N–C) groups is 1. The number of ether oxygens (including phenoxy) is 1. The first-order valence-electron chi connectivity index (χ1n) is 14.3. The van der Waals surface area contributed by atoms with E-state index in [1.807, 2.05) is 11.0 Å². The fourth-order valence-electron chi connectivity index (χ4n) is 5.50. The van der Waals surface area contributed by atoms with Crippen LogP contribution in [0.1, 0.15) is 74.3 Å². The lowest BCUT2D eigenvalue weighted by molar-refractivity contribution is -0.117. The van der Waals surface area contributed by atoms with E-state index in [1.54, 1.807) is 0 Å². The van der Waals surface area contributed by atoms with Crippen LogP contribution in [0.2, 0.25) is 0 Å². The van der Waals surface area contributed by atoms with Crippen LogP contribution in [0, 0.1) is 13.8 Å². The highest BCUT2D eigenvalue weighted by molar-refractivity contribution is 5.97. The number of nitrogens with zero attached hydrogens (tertiary/aromatic N) is 2. The van der Waals surface area contributed by atoms with Crippen LogP contribution < -0.4 is 15.5 Å². The largest absolute Gasteiger partial charge is 0.381 e. The maximum absolute atomic E-state index is 13.4.